The van der Waals surface area contributed by atoms with Crippen LogP contribution in [0.4, 0.5) is 0 Å². The summed E-state index contributed by atoms with van der Waals surface area (Å²) in [6, 6.07) is 12.4. The summed E-state index contributed by atoms with van der Waals surface area (Å²) in [5.41, 5.74) is 7.68. The van der Waals surface area contributed by atoms with Crippen LogP contribution in [0.3, 0.4) is 0 Å². The molecule has 0 spiro atoms. The van der Waals surface area contributed by atoms with E-state index in [0.717, 1.165) is 34.6 Å². The number of nitrogens with one attached hydrogen (secondary N) is 1. The molecule has 1 heterocycles. The highest BCUT2D eigenvalue weighted by Crippen LogP contribution is 2.26. The van der Waals surface area contributed by atoms with Gasteiger partial charge < -0.3 is 15.5 Å². The molecule has 0 amide bonds. The first-order valence-electron chi connectivity index (χ1n) is 6.62. The number of H-pyrrole nitrogens is 1. The molecule has 3 rings (SSSR count). The van der Waals surface area contributed by atoms with Crippen LogP contribution in [-0.2, 0) is 6.42 Å². The Morgan fingerprint density at radius 2 is 1.95 bits per heavy atom. The lowest BCUT2D eigenvalue weighted by atomic mass is 10.1. The number of ether oxygens (including phenoxy) is 1. The summed E-state index contributed by atoms with van der Waals surface area (Å²) >= 11 is 0. The van der Waals surface area contributed by atoms with Gasteiger partial charge in [0.25, 0.3) is 0 Å². The van der Waals surface area contributed by atoms with Crippen LogP contribution in [0.5, 0.6) is 5.75 Å². The molecular weight excluding hydrogens is 250 g/mol. The topological polar surface area (TPSA) is 63.9 Å². The van der Waals surface area contributed by atoms with Gasteiger partial charge in [-0.15, -0.1) is 0 Å². The van der Waals surface area contributed by atoms with E-state index in [2.05, 4.69) is 34.2 Å². The van der Waals surface area contributed by atoms with Gasteiger partial charge in [0.2, 0.25) is 0 Å². The Morgan fingerprint density at radius 1 is 1.15 bits per heavy atom. The molecule has 0 aliphatic carbocycles. The van der Waals surface area contributed by atoms with Crippen molar-refractivity contribution in [2.75, 3.05) is 13.7 Å². The summed E-state index contributed by atoms with van der Waals surface area (Å²) in [6.45, 7) is 0.602. The second-order valence-corrected chi connectivity index (χ2v) is 4.71. The van der Waals surface area contributed by atoms with E-state index in [4.69, 9.17) is 10.5 Å². The maximum absolute atomic E-state index is 5.54. The van der Waals surface area contributed by atoms with Crippen molar-refractivity contribution in [3.63, 3.8) is 0 Å². The van der Waals surface area contributed by atoms with Gasteiger partial charge in [-0.1, -0.05) is 18.2 Å². The highest BCUT2D eigenvalue weighted by Gasteiger charge is 2.04. The minimum atomic E-state index is 0.602. The Morgan fingerprint density at radius 3 is 2.75 bits per heavy atom. The predicted octanol–water partition coefficient (Wildman–Crippen LogP) is 2.74. The molecule has 0 saturated carbocycles. The van der Waals surface area contributed by atoms with E-state index in [1.807, 2.05) is 18.3 Å². The molecule has 4 nitrogen and oxygen atoms in total. The summed E-state index contributed by atoms with van der Waals surface area (Å²) in [4.78, 5) is 7.64. The van der Waals surface area contributed by atoms with E-state index in [-0.39, 0.29) is 0 Å². The van der Waals surface area contributed by atoms with Crippen molar-refractivity contribution in [1.29, 1.82) is 0 Å². The fourth-order valence-corrected chi connectivity index (χ4v) is 2.29. The molecule has 3 aromatic rings. The van der Waals surface area contributed by atoms with Gasteiger partial charge in [0.1, 0.15) is 11.6 Å². The Hall–Kier alpha value is -2.33. The largest absolute Gasteiger partial charge is 0.497 e. The van der Waals surface area contributed by atoms with E-state index < -0.39 is 0 Å². The zero-order valence-electron chi connectivity index (χ0n) is 11.4. The molecule has 0 fully saturated rings. The lowest BCUT2D eigenvalue weighted by Crippen LogP contribution is -2.03. The first-order valence-corrected chi connectivity index (χ1v) is 6.62. The maximum atomic E-state index is 5.54. The quantitative estimate of drug-likeness (QED) is 0.764. The molecule has 0 aliphatic heterocycles. The number of fused-ring (bicyclic) bond motifs is 1. The molecule has 0 atom stereocenters. The maximum Gasteiger partial charge on any atom is 0.119 e. The third kappa shape index (κ3) is 2.38. The van der Waals surface area contributed by atoms with Gasteiger partial charge in [-0.25, -0.2) is 4.98 Å². The monoisotopic (exact) mass is 267 g/mol. The highest BCUT2D eigenvalue weighted by atomic mass is 16.5. The van der Waals surface area contributed by atoms with Crippen molar-refractivity contribution in [3.05, 3.63) is 48.4 Å². The first-order chi connectivity index (χ1) is 9.80. The molecule has 3 N–H and O–H groups in total. The van der Waals surface area contributed by atoms with Crippen LogP contribution in [0.25, 0.3) is 22.0 Å². The number of rotatable bonds is 4. The molecule has 102 valence electrons. The van der Waals surface area contributed by atoms with E-state index in [0.29, 0.717) is 6.54 Å². The highest BCUT2D eigenvalue weighted by molar-refractivity contribution is 5.87. The van der Waals surface area contributed by atoms with Crippen molar-refractivity contribution >= 4 is 10.8 Å². The number of nitrogens with two attached hydrogens (primary N) is 1. The Labute approximate surface area is 117 Å². The lowest BCUT2D eigenvalue weighted by molar-refractivity contribution is 0.415. The number of aromatic nitrogens is 2. The van der Waals surface area contributed by atoms with E-state index in [1.165, 1.54) is 5.39 Å². The molecule has 1 aromatic heterocycles. The zero-order chi connectivity index (χ0) is 13.9. The van der Waals surface area contributed by atoms with Gasteiger partial charge in [-0.05, 0) is 35.5 Å². The lowest BCUT2D eigenvalue weighted by Gasteiger charge is -2.04. The summed E-state index contributed by atoms with van der Waals surface area (Å²) in [6.07, 6.45) is 2.63. The molecule has 0 aliphatic rings. The molecule has 2 aromatic carbocycles. The van der Waals surface area contributed by atoms with Gasteiger partial charge in [0, 0.05) is 12.0 Å². The summed E-state index contributed by atoms with van der Waals surface area (Å²) in [5, 5.41) is 2.34. The fourth-order valence-electron chi connectivity index (χ4n) is 2.29. The Bertz CT molecular complexity index is 733. The summed E-state index contributed by atoms with van der Waals surface area (Å²) in [7, 11) is 1.68. The van der Waals surface area contributed by atoms with Crippen LogP contribution in [0, 0.1) is 0 Å². The molecular formula is C16H17N3O. The van der Waals surface area contributed by atoms with Crippen LogP contribution < -0.4 is 10.5 Å². The molecule has 0 bridgehead atoms. The third-order valence-electron chi connectivity index (χ3n) is 3.37. The van der Waals surface area contributed by atoms with Gasteiger partial charge in [0.05, 0.1) is 19.0 Å². The first kappa shape index (κ1) is 12.7. The number of hydrogen-bond donors (Lipinski definition) is 2. The number of imidazole rings is 1. The number of aromatic amines is 1. The average Bonchev–Trinajstić information content (AvgIpc) is 2.95. The van der Waals surface area contributed by atoms with E-state index >= 15 is 0 Å². The van der Waals surface area contributed by atoms with Crippen molar-refractivity contribution in [2.45, 2.75) is 6.42 Å². The van der Waals surface area contributed by atoms with Gasteiger partial charge in [-0.3, -0.25) is 0 Å². The van der Waals surface area contributed by atoms with Gasteiger partial charge in [0.15, 0.2) is 0 Å². The number of benzene rings is 2. The van der Waals surface area contributed by atoms with Crippen LogP contribution in [0.2, 0.25) is 0 Å². The molecule has 20 heavy (non-hydrogen) atoms. The minimum absolute atomic E-state index is 0.602. The fraction of sp³-hybridized carbons (Fsp3) is 0.188. The van der Waals surface area contributed by atoms with Crippen molar-refractivity contribution in [2.24, 2.45) is 5.73 Å². The molecule has 0 saturated heterocycles. The van der Waals surface area contributed by atoms with Crippen molar-refractivity contribution in [1.82, 2.24) is 9.97 Å². The van der Waals surface area contributed by atoms with E-state index in [1.54, 1.807) is 7.11 Å². The third-order valence-corrected chi connectivity index (χ3v) is 3.37. The van der Waals surface area contributed by atoms with Crippen LogP contribution in [-0.4, -0.2) is 23.6 Å². The summed E-state index contributed by atoms with van der Waals surface area (Å²) < 4.78 is 5.24. The SMILES string of the molecule is COc1ccc2cc(-c3cnc(CCN)[nH]3)ccc2c1. The van der Waals surface area contributed by atoms with Crippen LogP contribution in [0.1, 0.15) is 5.82 Å². The zero-order valence-corrected chi connectivity index (χ0v) is 11.4. The Kier molecular flexibility index (Phi) is 3.39. The van der Waals surface area contributed by atoms with Crippen LogP contribution in [0.15, 0.2) is 42.6 Å². The molecule has 0 unspecified atom stereocenters. The summed E-state index contributed by atoms with van der Waals surface area (Å²) in [5.74, 6) is 1.80. The molecule has 4 heteroatoms. The van der Waals surface area contributed by atoms with Crippen molar-refractivity contribution in [3.8, 4) is 17.0 Å². The van der Waals surface area contributed by atoms with Crippen molar-refractivity contribution < 1.29 is 4.74 Å². The Balaban J connectivity index is 1.99. The van der Waals surface area contributed by atoms with Gasteiger partial charge >= 0.3 is 0 Å². The smallest absolute Gasteiger partial charge is 0.119 e. The van der Waals surface area contributed by atoms with Crippen LogP contribution >= 0.6 is 0 Å². The molecule has 0 radical (unpaired) electrons. The average molecular weight is 267 g/mol. The predicted molar refractivity (Wildman–Crippen MR) is 80.8 cm³/mol. The number of hydrogen-bond acceptors (Lipinski definition) is 3. The second kappa shape index (κ2) is 5.35. The number of nitrogens with zero attached hydrogens (tertiary/aromatic N) is 1. The number of methoxy groups -OCH3 is 1. The van der Waals surface area contributed by atoms with Gasteiger partial charge in [-0.2, -0.15) is 0 Å². The van der Waals surface area contributed by atoms with E-state index in [9.17, 15) is 0 Å². The minimum Gasteiger partial charge on any atom is -0.497 e. The second-order valence-electron chi connectivity index (χ2n) is 4.71. The standard InChI is InChI=1S/C16H17N3O/c1-20-14-5-4-11-8-13(3-2-12(11)9-14)15-10-18-16(19-15)6-7-17/h2-5,8-10H,6-7,17H2,1H3,(H,18,19). The normalized spacial score (nSPS) is 10.9.